The lowest BCUT2D eigenvalue weighted by molar-refractivity contribution is 0.159. The van der Waals surface area contributed by atoms with E-state index in [9.17, 15) is 8.42 Å². The number of aryl methyl sites for hydroxylation is 1. The van der Waals surface area contributed by atoms with Gasteiger partial charge in [0.25, 0.3) is 0 Å². The first kappa shape index (κ1) is 13.5. The Balaban J connectivity index is 2.24. The molecule has 5 heteroatoms. The molecule has 0 aromatic heterocycles. The molecule has 0 saturated carbocycles. The Labute approximate surface area is 109 Å². The molecule has 2 rings (SSSR count). The Hall–Kier alpha value is -0.910. The molecule has 1 heterocycles. The van der Waals surface area contributed by atoms with E-state index in [1.165, 1.54) is 0 Å². The predicted molar refractivity (Wildman–Crippen MR) is 72.0 cm³/mol. The van der Waals surface area contributed by atoms with Gasteiger partial charge in [-0.2, -0.15) is 4.31 Å². The van der Waals surface area contributed by atoms with Gasteiger partial charge in [0.05, 0.1) is 4.90 Å². The number of piperazine rings is 1. The minimum absolute atomic E-state index is 0.263. The molecular weight excluding hydrogens is 248 g/mol. The second kappa shape index (κ2) is 4.99. The van der Waals surface area contributed by atoms with Gasteiger partial charge in [0.1, 0.15) is 0 Å². The SMILES string of the molecule is Cc1ccc(S(=O)(=O)N2CCN(C)C(C)C2)cc1. The maximum absolute atomic E-state index is 12.5. The third kappa shape index (κ3) is 2.58. The lowest BCUT2D eigenvalue weighted by atomic mass is 10.2. The van der Waals surface area contributed by atoms with Crippen LogP contribution < -0.4 is 0 Å². The van der Waals surface area contributed by atoms with Gasteiger partial charge in [-0.15, -0.1) is 0 Å². The molecule has 0 radical (unpaired) electrons. The van der Waals surface area contributed by atoms with E-state index < -0.39 is 10.0 Å². The summed E-state index contributed by atoms with van der Waals surface area (Å²) in [5.41, 5.74) is 1.07. The number of sulfonamides is 1. The Morgan fingerprint density at radius 3 is 2.33 bits per heavy atom. The number of benzene rings is 1. The maximum Gasteiger partial charge on any atom is 0.243 e. The molecule has 18 heavy (non-hydrogen) atoms. The van der Waals surface area contributed by atoms with Crippen molar-refractivity contribution >= 4 is 10.0 Å². The standard InChI is InChI=1S/C13H20N2O2S/c1-11-4-6-13(7-5-11)18(16,17)15-9-8-14(3)12(2)10-15/h4-7,12H,8-10H2,1-3H3. The minimum atomic E-state index is -3.33. The fraction of sp³-hybridized carbons (Fsp3) is 0.538. The van der Waals surface area contributed by atoms with Gasteiger partial charge in [0.2, 0.25) is 10.0 Å². The second-order valence-electron chi connectivity index (χ2n) is 5.01. The van der Waals surface area contributed by atoms with Crippen LogP contribution in [0.5, 0.6) is 0 Å². The van der Waals surface area contributed by atoms with Gasteiger partial charge in [0, 0.05) is 25.7 Å². The summed E-state index contributed by atoms with van der Waals surface area (Å²) in [7, 11) is -1.30. The number of nitrogens with zero attached hydrogens (tertiary/aromatic N) is 2. The molecule has 1 saturated heterocycles. The Kier molecular flexibility index (Phi) is 3.75. The topological polar surface area (TPSA) is 40.6 Å². The molecule has 1 aromatic rings. The van der Waals surface area contributed by atoms with E-state index in [0.717, 1.165) is 12.1 Å². The summed E-state index contributed by atoms with van der Waals surface area (Å²) in [4.78, 5) is 2.58. The van der Waals surface area contributed by atoms with Crippen LogP contribution in [0.1, 0.15) is 12.5 Å². The van der Waals surface area contributed by atoms with Crippen molar-refractivity contribution in [2.75, 3.05) is 26.7 Å². The molecule has 0 N–H and O–H groups in total. The first-order chi connectivity index (χ1) is 8.41. The number of rotatable bonds is 2. The summed E-state index contributed by atoms with van der Waals surface area (Å²) in [6, 6.07) is 7.32. The Morgan fingerprint density at radius 1 is 1.17 bits per heavy atom. The summed E-state index contributed by atoms with van der Waals surface area (Å²) in [6.45, 7) is 5.92. The van der Waals surface area contributed by atoms with Crippen molar-refractivity contribution in [3.63, 3.8) is 0 Å². The van der Waals surface area contributed by atoms with Crippen LogP contribution in [0.3, 0.4) is 0 Å². The molecule has 1 aromatic carbocycles. The number of hydrogen-bond acceptors (Lipinski definition) is 3. The van der Waals surface area contributed by atoms with Gasteiger partial charge in [-0.05, 0) is 33.0 Å². The highest BCUT2D eigenvalue weighted by atomic mass is 32.2. The third-order valence-electron chi connectivity index (χ3n) is 3.58. The quantitative estimate of drug-likeness (QED) is 0.812. The molecule has 0 amide bonds. The molecule has 4 nitrogen and oxygen atoms in total. The number of likely N-dealkylation sites (N-methyl/N-ethyl adjacent to an activating group) is 1. The molecule has 1 atom stereocenters. The average molecular weight is 268 g/mol. The van der Waals surface area contributed by atoms with Gasteiger partial charge in [-0.25, -0.2) is 8.42 Å². The van der Waals surface area contributed by atoms with Crippen LogP contribution in [0.25, 0.3) is 0 Å². The third-order valence-corrected chi connectivity index (χ3v) is 5.46. The van der Waals surface area contributed by atoms with Crippen LogP contribution >= 0.6 is 0 Å². The lowest BCUT2D eigenvalue weighted by Gasteiger charge is -2.36. The molecule has 1 aliphatic rings. The maximum atomic E-state index is 12.5. The summed E-state index contributed by atoms with van der Waals surface area (Å²) in [5.74, 6) is 0. The predicted octanol–water partition coefficient (Wildman–Crippen LogP) is 1.32. The van der Waals surface area contributed by atoms with E-state index in [1.54, 1.807) is 16.4 Å². The number of hydrogen-bond donors (Lipinski definition) is 0. The monoisotopic (exact) mass is 268 g/mol. The smallest absolute Gasteiger partial charge is 0.243 e. The fourth-order valence-corrected chi connectivity index (χ4v) is 3.60. The molecule has 0 spiro atoms. The second-order valence-corrected chi connectivity index (χ2v) is 6.94. The average Bonchev–Trinajstić information content (AvgIpc) is 2.33. The van der Waals surface area contributed by atoms with Crippen molar-refractivity contribution in [3.8, 4) is 0 Å². The summed E-state index contributed by atoms with van der Waals surface area (Å²) < 4.78 is 26.5. The highest BCUT2D eigenvalue weighted by Crippen LogP contribution is 2.19. The molecule has 0 bridgehead atoms. The first-order valence-electron chi connectivity index (χ1n) is 6.18. The van der Waals surface area contributed by atoms with E-state index in [0.29, 0.717) is 18.0 Å². The fourth-order valence-electron chi connectivity index (χ4n) is 2.09. The van der Waals surface area contributed by atoms with Crippen LogP contribution in [0.4, 0.5) is 0 Å². The van der Waals surface area contributed by atoms with E-state index in [-0.39, 0.29) is 6.04 Å². The van der Waals surface area contributed by atoms with Crippen LogP contribution in [-0.2, 0) is 10.0 Å². The van der Waals surface area contributed by atoms with Crippen molar-refractivity contribution < 1.29 is 8.42 Å². The molecule has 1 unspecified atom stereocenters. The van der Waals surface area contributed by atoms with E-state index in [4.69, 9.17) is 0 Å². The van der Waals surface area contributed by atoms with Crippen LogP contribution in [-0.4, -0.2) is 50.3 Å². The summed E-state index contributed by atoms with van der Waals surface area (Å²) >= 11 is 0. The van der Waals surface area contributed by atoms with E-state index in [2.05, 4.69) is 11.8 Å². The van der Waals surface area contributed by atoms with Gasteiger partial charge in [-0.1, -0.05) is 17.7 Å². The van der Waals surface area contributed by atoms with Crippen LogP contribution in [0.15, 0.2) is 29.2 Å². The molecule has 1 aliphatic heterocycles. The van der Waals surface area contributed by atoms with Crippen molar-refractivity contribution in [3.05, 3.63) is 29.8 Å². The molecule has 1 fully saturated rings. The molecule has 100 valence electrons. The van der Waals surface area contributed by atoms with Crippen molar-refractivity contribution in [2.45, 2.75) is 24.8 Å². The van der Waals surface area contributed by atoms with Crippen LogP contribution in [0, 0.1) is 6.92 Å². The van der Waals surface area contributed by atoms with Crippen molar-refractivity contribution in [1.29, 1.82) is 0 Å². The van der Waals surface area contributed by atoms with Crippen molar-refractivity contribution in [1.82, 2.24) is 9.21 Å². The largest absolute Gasteiger partial charge is 0.301 e. The van der Waals surface area contributed by atoms with Gasteiger partial charge < -0.3 is 4.90 Å². The highest BCUT2D eigenvalue weighted by Gasteiger charge is 2.30. The molecule has 0 aliphatic carbocycles. The zero-order valence-electron chi connectivity index (χ0n) is 11.1. The summed E-state index contributed by atoms with van der Waals surface area (Å²) in [5, 5.41) is 0. The zero-order chi connectivity index (χ0) is 13.3. The lowest BCUT2D eigenvalue weighted by Crippen LogP contribution is -2.51. The normalized spacial score (nSPS) is 23.2. The van der Waals surface area contributed by atoms with Gasteiger partial charge in [-0.3, -0.25) is 0 Å². The van der Waals surface area contributed by atoms with E-state index in [1.807, 2.05) is 26.1 Å². The zero-order valence-corrected chi connectivity index (χ0v) is 11.9. The summed E-state index contributed by atoms with van der Waals surface area (Å²) in [6.07, 6.45) is 0. The van der Waals surface area contributed by atoms with Gasteiger partial charge >= 0.3 is 0 Å². The van der Waals surface area contributed by atoms with Crippen molar-refractivity contribution in [2.24, 2.45) is 0 Å². The molecular formula is C13H20N2O2S. The highest BCUT2D eigenvalue weighted by molar-refractivity contribution is 7.89. The Bertz CT molecular complexity index is 510. The van der Waals surface area contributed by atoms with Crippen LogP contribution in [0.2, 0.25) is 0 Å². The first-order valence-corrected chi connectivity index (χ1v) is 7.62. The Morgan fingerprint density at radius 2 is 1.78 bits per heavy atom. The van der Waals surface area contributed by atoms with Gasteiger partial charge in [0.15, 0.2) is 0 Å². The minimum Gasteiger partial charge on any atom is -0.301 e. The van der Waals surface area contributed by atoms with E-state index >= 15 is 0 Å².